The number of carbonyl (C=O) groups is 1. The highest BCUT2D eigenvalue weighted by atomic mass is 16.2. The van der Waals surface area contributed by atoms with E-state index in [0.717, 1.165) is 37.3 Å². The Labute approximate surface area is 108 Å². The van der Waals surface area contributed by atoms with E-state index in [1.807, 2.05) is 18.7 Å². The Morgan fingerprint density at radius 1 is 1.39 bits per heavy atom. The minimum Gasteiger partial charge on any atom is -0.342 e. The van der Waals surface area contributed by atoms with Crippen LogP contribution in [0.4, 0.5) is 0 Å². The number of likely N-dealkylation sites (tertiary alicyclic amines) is 1. The molecule has 5 nitrogen and oxygen atoms in total. The van der Waals surface area contributed by atoms with Gasteiger partial charge in [-0.25, -0.2) is 0 Å². The second-order valence-corrected chi connectivity index (χ2v) is 4.72. The number of amides is 1. The molecule has 2 heterocycles. The van der Waals surface area contributed by atoms with Crippen LogP contribution in [0.25, 0.3) is 0 Å². The third-order valence-corrected chi connectivity index (χ3v) is 3.35. The Kier molecular flexibility index (Phi) is 4.25. The SMILES string of the molecule is Cc1nccnc1C(C)NCC(=O)N1CCCC1. The number of aryl methyl sites for hydroxylation is 1. The molecule has 0 bridgehead atoms. The summed E-state index contributed by atoms with van der Waals surface area (Å²) in [5, 5.41) is 3.22. The van der Waals surface area contributed by atoms with Crippen molar-refractivity contribution in [3.63, 3.8) is 0 Å². The van der Waals surface area contributed by atoms with Crippen LogP contribution >= 0.6 is 0 Å². The molecule has 1 N–H and O–H groups in total. The molecule has 18 heavy (non-hydrogen) atoms. The van der Waals surface area contributed by atoms with Gasteiger partial charge >= 0.3 is 0 Å². The smallest absolute Gasteiger partial charge is 0.236 e. The van der Waals surface area contributed by atoms with Gasteiger partial charge in [-0.2, -0.15) is 0 Å². The van der Waals surface area contributed by atoms with E-state index in [0.29, 0.717) is 6.54 Å². The normalized spacial score (nSPS) is 16.9. The number of nitrogens with zero attached hydrogens (tertiary/aromatic N) is 3. The molecule has 0 aromatic carbocycles. The van der Waals surface area contributed by atoms with Crippen LogP contribution in [0.1, 0.15) is 37.2 Å². The molecule has 0 spiro atoms. The predicted molar refractivity (Wildman–Crippen MR) is 69.0 cm³/mol. The van der Waals surface area contributed by atoms with E-state index >= 15 is 0 Å². The molecule has 0 aliphatic carbocycles. The maximum Gasteiger partial charge on any atom is 0.236 e. The fourth-order valence-electron chi connectivity index (χ4n) is 2.26. The summed E-state index contributed by atoms with van der Waals surface area (Å²) >= 11 is 0. The zero-order chi connectivity index (χ0) is 13.0. The Balaban J connectivity index is 1.86. The zero-order valence-corrected chi connectivity index (χ0v) is 11.0. The fourth-order valence-corrected chi connectivity index (χ4v) is 2.26. The van der Waals surface area contributed by atoms with Crippen LogP contribution in [-0.4, -0.2) is 40.4 Å². The van der Waals surface area contributed by atoms with Crippen molar-refractivity contribution < 1.29 is 4.79 Å². The van der Waals surface area contributed by atoms with Crippen molar-refractivity contribution in [1.29, 1.82) is 0 Å². The lowest BCUT2D eigenvalue weighted by atomic mass is 10.2. The largest absolute Gasteiger partial charge is 0.342 e. The molecule has 1 fully saturated rings. The van der Waals surface area contributed by atoms with E-state index in [9.17, 15) is 4.79 Å². The molecule has 1 aliphatic rings. The third-order valence-electron chi connectivity index (χ3n) is 3.35. The molecular formula is C13H20N4O. The van der Waals surface area contributed by atoms with E-state index < -0.39 is 0 Å². The molecule has 0 saturated carbocycles. The van der Waals surface area contributed by atoms with Gasteiger partial charge in [-0.15, -0.1) is 0 Å². The monoisotopic (exact) mass is 248 g/mol. The molecule has 1 aliphatic heterocycles. The van der Waals surface area contributed by atoms with Crippen molar-refractivity contribution in [3.8, 4) is 0 Å². The van der Waals surface area contributed by atoms with E-state index in [4.69, 9.17) is 0 Å². The molecule has 1 unspecified atom stereocenters. The second kappa shape index (κ2) is 5.91. The summed E-state index contributed by atoms with van der Waals surface area (Å²) in [6, 6.07) is 0.0465. The lowest BCUT2D eigenvalue weighted by Gasteiger charge is -2.18. The average Bonchev–Trinajstić information content (AvgIpc) is 2.90. The van der Waals surface area contributed by atoms with Crippen LogP contribution in [-0.2, 0) is 4.79 Å². The molecule has 1 saturated heterocycles. The summed E-state index contributed by atoms with van der Waals surface area (Å²) in [5.41, 5.74) is 1.82. The first kappa shape index (κ1) is 13.0. The van der Waals surface area contributed by atoms with E-state index in [1.165, 1.54) is 0 Å². The molecule has 0 radical (unpaired) electrons. The first-order valence-corrected chi connectivity index (χ1v) is 6.47. The number of nitrogens with one attached hydrogen (secondary N) is 1. The number of hydrogen-bond acceptors (Lipinski definition) is 4. The second-order valence-electron chi connectivity index (χ2n) is 4.72. The van der Waals surface area contributed by atoms with Gasteiger partial charge in [0, 0.05) is 31.5 Å². The number of rotatable bonds is 4. The summed E-state index contributed by atoms with van der Waals surface area (Å²) in [7, 11) is 0. The van der Waals surface area contributed by atoms with Gasteiger partial charge < -0.3 is 10.2 Å². The summed E-state index contributed by atoms with van der Waals surface area (Å²) in [6.45, 7) is 6.12. The molecule has 5 heteroatoms. The summed E-state index contributed by atoms with van der Waals surface area (Å²) in [4.78, 5) is 22.3. The number of aromatic nitrogens is 2. The molecule has 1 aromatic rings. The van der Waals surface area contributed by atoms with Crippen molar-refractivity contribution in [2.75, 3.05) is 19.6 Å². The zero-order valence-electron chi connectivity index (χ0n) is 11.0. The first-order chi connectivity index (χ1) is 8.68. The molecule has 1 aromatic heterocycles. The van der Waals surface area contributed by atoms with Crippen molar-refractivity contribution >= 4 is 5.91 Å². The highest BCUT2D eigenvalue weighted by Crippen LogP contribution is 2.12. The van der Waals surface area contributed by atoms with Gasteiger partial charge in [-0.05, 0) is 26.7 Å². The maximum absolute atomic E-state index is 11.9. The fraction of sp³-hybridized carbons (Fsp3) is 0.615. The van der Waals surface area contributed by atoms with Gasteiger partial charge in [0.15, 0.2) is 0 Å². The minimum atomic E-state index is 0.0465. The van der Waals surface area contributed by atoms with Gasteiger partial charge in [0.25, 0.3) is 0 Å². The first-order valence-electron chi connectivity index (χ1n) is 6.47. The molecule has 1 atom stereocenters. The lowest BCUT2D eigenvalue weighted by molar-refractivity contribution is -0.129. The molecular weight excluding hydrogens is 228 g/mol. The lowest BCUT2D eigenvalue weighted by Crippen LogP contribution is -2.37. The van der Waals surface area contributed by atoms with Crippen LogP contribution in [0.3, 0.4) is 0 Å². The molecule has 1 amide bonds. The Hall–Kier alpha value is -1.49. The van der Waals surface area contributed by atoms with Crippen LogP contribution in [0.2, 0.25) is 0 Å². The summed E-state index contributed by atoms with van der Waals surface area (Å²) in [6.07, 6.45) is 5.62. The number of carbonyl (C=O) groups excluding carboxylic acids is 1. The quantitative estimate of drug-likeness (QED) is 0.865. The van der Waals surface area contributed by atoms with E-state index in [2.05, 4.69) is 15.3 Å². The van der Waals surface area contributed by atoms with Crippen LogP contribution in [0.5, 0.6) is 0 Å². The molecule has 98 valence electrons. The van der Waals surface area contributed by atoms with Crippen LogP contribution in [0.15, 0.2) is 12.4 Å². The van der Waals surface area contributed by atoms with Crippen LogP contribution < -0.4 is 5.32 Å². The predicted octanol–water partition coefficient (Wildman–Crippen LogP) is 1.06. The Bertz CT molecular complexity index is 415. The van der Waals surface area contributed by atoms with Gasteiger partial charge in [-0.3, -0.25) is 14.8 Å². The summed E-state index contributed by atoms with van der Waals surface area (Å²) < 4.78 is 0. The Morgan fingerprint density at radius 2 is 2.06 bits per heavy atom. The van der Waals surface area contributed by atoms with Crippen LogP contribution in [0, 0.1) is 6.92 Å². The van der Waals surface area contributed by atoms with Gasteiger partial charge in [-0.1, -0.05) is 0 Å². The average molecular weight is 248 g/mol. The van der Waals surface area contributed by atoms with Gasteiger partial charge in [0.2, 0.25) is 5.91 Å². The topological polar surface area (TPSA) is 58.1 Å². The molecule has 2 rings (SSSR count). The summed E-state index contributed by atoms with van der Waals surface area (Å²) in [5.74, 6) is 0.181. The van der Waals surface area contributed by atoms with E-state index in [1.54, 1.807) is 12.4 Å². The van der Waals surface area contributed by atoms with Crippen molar-refractivity contribution in [2.45, 2.75) is 32.7 Å². The highest BCUT2D eigenvalue weighted by molar-refractivity contribution is 5.78. The van der Waals surface area contributed by atoms with Gasteiger partial charge in [0.1, 0.15) is 0 Å². The Morgan fingerprint density at radius 3 is 2.72 bits per heavy atom. The van der Waals surface area contributed by atoms with Gasteiger partial charge in [0.05, 0.1) is 17.9 Å². The van der Waals surface area contributed by atoms with Crippen molar-refractivity contribution in [3.05, 3.63) is 23.8 Å². The highest BCUT2D eigenvalue weighted by Gasteiger charge is 2.19. The standard InChI is InChI=1S/C13H20N4O/c1-10-13(15-6-5-14-10)11(2)16-9-12(18)17-7-3-4-8-17/h5-6,11,16H,3-4,7-9H2,1-2H3. The van der Waals surface area contributed by atoms with E-state index in [-0.39, 0.29) is 11.9 Å². The minimum absolute atomic E-state index is 0.0465. The van der Waals surface area contributed by atoms with Crippen molar-refractivity contribution in [2.24, 2.45) is 0 Å². The third kappa shape index (κ3) is 3.04. The maximum atomic E-state index is 11.9. The van der Waals surface area contributed by atoms with Crippen molar-refractivity contribution in [1.82, 2.24) is 20.2 Å². The number of hydrogen-bond donors (Lipinski definition) is 1.